The van der Waals surface area contributed by atoms with E-state index in [-0.39, 0.29) is 42.4 Å². The lowest BCUT2D eigenvalue weighted by atomic mass is 9.79. The Bertz CT molecular complexity index is 928. The molecule has 9 heteroatoms. The molecule has 2 aliphatic rings. The molecule has 0 spiro atoms. The maximum absolute atomic E-state index is 14.8. The van der Waals surface area contributed by atoms with E-state index in [9.17, 15) is 26.2 Å². The lowest BCUT2D eigenvalue weighted by Crippen LogP contribution is -2.52. The van der Waals surface area contributed by atoms with Crippen molar-refractivity contribution in [3.05, 3.63) is 59.2 Å². The van der Waals surface area contributed by atoms with E-state index in [0.717, 1.165) is 36.4 Å². The molecular weight excluding hydrogens is 403 g/mol. The fourth-order valence-corrected chi connectivity index (χ4v) is 5.75. The molecule has 1 fully saturated rings. The maximum Gasteiger partial charge on any atom is 0.416 e. The first-order valence-electron chi connectivity index (χ1n) is 8.53. The second-order valence-corrected chi connectivity index (χ2v) is 8.48. The van der Waals surface area contributed by atoms with Gasteiger partial charge in [-0.25, -0.2) is 8.78 Å². The van der Waals surface area contributed by atoms with Crippen LogP contribution in [0, 0.1) is 17.6 Å². The monoisotopic (exact) mass is 418 g/mol. The first kappa shape index (κ1) is 19.3. The van der Waals surface area contributed by atoms with Crippen LogP contribution in [0.2, 0.25) is 0 Å². The summed E-state index contributed by atoms with van der Waals surface area (Å²) in [5.41, 5.74) is -1.01. The molecule has 0 radical (unpaired) electrons. The van der Waals surface area contributed by atoms with Gasteiger partial charge in [-0.2, -0.15) is 13.2 Å². The van der Waals surface area contributed by atoms with Crippen molar-refractivity contribution in [2.75, 3.05) is 19.8 Å². The minimum atomic E-state index is -4.53. The van der Waals surface area contributed by atoms with Gasteiger partial charge in [-0.05, 0) is 42.8 Å². The normalized spacial score (nSPS) is 25.4. The predicted molar refractivity (Wildman–Crippen MR) is 90.3 cm³/mol. The van der Waals surface area contributed by atoms with Crippen molar-refractivity contribution < 1.29 is 35.6 Å². The van der Waals surface area contributed by atoms with Crippen LogP contribution >= 0.6 is 0 Å². The third-order valence-electron chi connectivity index (χ3n) is 5.23. The number of ether oxygens (including phenoxy) is 2. The molecule has 2 heterocycles. The van der Waals surface area contributed by atoms with Crippen molar-refractivity contribution in [1.29, 1.82) is 0 Å². The first-order chi connectivity index (χ1) is 13.2. The summed E-state index contributed by atoms with van der Waals surface area (Å²) in [6.07, 6.45) is -4.40. The number of fused-ring (bicyclic) bond motifs is 3. The van der Waals surface area contributed by atoms with Crippen molar-refractivity contribution in [1.82, 2.24) is 0 Å². The molecule has 28 heavy (non-hydrogen) atoms. The Hall–Kier alpha value is -2.00. The lowest BCUT2D eigenvalue weighted by Gasteiger charge is -2.46. The van der Waals surface area contributed by atoms with Gasteiger partial charge in [0.2, 0.25) is 0 Å². The van der Waals surface area contributed by atoms with Gasteiger partial charge in [-0.1, -0.05) is 0 Å². The minimum absolute atomic E-state index is 0.0280. The smallest absolute Gasteiger partial charge is 0.416 e. The van der Waals surface area contributed by atoms with E-state index < -0.39 is 44.8 Å². The van der Waals surface area contributed by atoms with Crippen LogP contribution in [0.25, 0.3) is 0 Å². The average Bonchev–Trinajstić information content (AvgIpc) is 2.69. The zero-order valence-corrected chi connectivity index (χ0v) is 15.2. The molecule has 4 rings (SSSR count). The Balaban J connectivity index is 1.86. The van der Waals surface area contributed by atoms with E-state index in [2.05, 4.69) is 0 Å². The summed E-state index contributed by atoms with van der Waals surface area (Å²) in [5, 5.41) is 0. The molecule has 3 nitrogen and oxygen atoms in total. The van der Waals surface area contributed by atoms with Gasteiger partial charge in [-0.15, -0.1) is 0 Å². The lowest BCUT2D eigenvalue weighted by molar-refractivity contribution is -0.137. The third kappa shape index (κ3) is 2.91. The van der Waals surface area contributed by atoms with Gasteiger partial charge in [0, 0.05) is 17.4 Å². The maximum atomic E-state index is 14.8. The van der Waals surface area contributed by atoms with Crippen LogP contribution in [0.4, 0.5) is 22.0 Å². The SMILES string of the molecule is O=S(c1ccc(C(F)(F)F)cc1)[C@@]12CCOCC1COc1c(F)ccc(F)c12. The number of benzene rings is 2. The number of rotatable bonds is 2. The average molecular weight is 418 g/mol. The van der Waals surface area contributed by atoms with Gasteiger partial charge in [0.1, 0.15) is 5.82 Å². The first-order valence-corrected chi connectivity index (χ1v) is 9.68. The second-order valence-electron chi connectivity index (χ2n) is 6.75. The second kappa shape index (κ2) is 6.81. The van der Waals surface area contributed by atoms with Gasteiger partial charge in [-0.3, -0.25) is 4.21 Å². The number of hydrogen-bond acceptors (Lipinski definition) is 3. The molecule has 0 aliphatic carbocycles. The van der Waals surface area contributed by atoms with Gasteiger partial charge in [0.15, 0.2) is 11.6 Å². The molecule has 2 aliphatic heterocycles. The van der Waals surface area contributed by atoms with Crippen LogP contribution in [-0.4, -0.2) is 24.0 Å². The molecule has 0 N–H and O–H groups in total. The Labute approximate surface area is 159 Å². The number of alkyl halides is 3. The summed E-state index contributed by atoms with van der Waals surface area (Å²) in [6.45, 7) is 0.264. The molecule has 0 aromatic heterocycles. The summed E-state index contributed by atoms with van der Waals surface area (Å²) in [6, 6.07) is 5.78. The zero-order chi connectivity index (χ0) is 20.1. The van der Waals surface area contributed by atoms with Gasteiger partial charge < -0.3 is 9.47 Å². The van der Waals surface area contributed by atoms with Crippen LogP contribution in [0.3, 0.4) is 0 Å². The highest BCUT2D eigenvalue weighted by Gasteiger charge is 2.54. The highest BCUT2D eigenvalue weighted by Crippen LogP contribution is 2.52. The Morgan fingerprint density at radius 2 is 1.68 bits per heavy atom. The van der Waals surface area contributed by atoms with Crippen molar-refractivity contribution in [2.45, 2.75) is 22.2 Å². The number of halogens is 5. The van der Waals surface area contributed by atoms with Gasteiger partial charge in [0.25, 0.3) is 0 Å². The molecule has 3 atom stereocenters. The summed E-state index contributed by atoms with van der Waals surface area (Å²) in [5.74, 6) is -2.36. The summed E-state index contributed by atoms with van der Waals surface area (Å²) in [4.78, 5) is 0.108. The largest absolute Gasteiger partial charge is 0.490 e. The van der Waals surface area contributed by atoms with Crippen molar-refractivity contribution >= 4 is 10.8 Å². The summed E-state index contributed by atoms with van der Waals surface area (Å²) in [7, 11) is -1.96. The standard InChI is InChI=1S/C19H15F5O3S/c20-14-5-6-15(21)17-16(14)18(7-8-26-9-12(18)10-27-17)28(25)13-3-1-11(2-4-13)19(22,23)24/h1-6,12H,7-10H2/t12?,18-,28?/m0/s1. The topological polar surface area (TPSA) is 35.5 Å². The van der Waals surface area contributed by atoms with Crippen LogP contribution < -0.4 is 4.74 Å². The van der Waals surface area contributed by atoms with Crippen molar-refractivity contribution in [3.8, 4) is 5.75 Å². The summed E-state index contributed by atoms with van der Waals surface area (Å²) < 4.78 is 90.6. The minimum Gasteiger partial charge on any atom is -0.490 e. The van der Waals surface area contributed by atoms with E-state index in [1.807, 2.05) is 0 Å². The predicted octanol–water partition coefficient (Wildman–Crippen LogP) is 4.42. The molecule has 0 bridgehead atoms. The molecule has 150 valence electrons. The van der Waals surface area contributed by atoms with E-state index in [0.29, 0.717) is 0 Å². The van der Waals surface area contributed by atoms with Crippen molar-refractivity contribution in [3.63, 3.8) is 0 Å². The zero-order valence-electron chi connectivity index (χ0n) is 14.4. The highest BCUT2D eigenvalue weighted by molar-refractivity contribution is 7.86. The third-order valence-corrected chi connectivity index (χ3v) is 7.34. The van der Waals surface area contributed by atoms with Crippen LogP contribution in [0.15, 0.2) is 41.3 Å². The Morgan fingerprint density at radius 3 is 2.36 bits per heavy atom. The van der Waals surface area contributed by atoms with E-state index in [1.165, 1.54) is 0 Å². The van der Waals surface area contributed by atoms with Crippen LogP contribution in [-0.2, 0) is 26.5 Å². The Morgan fingerprint density at radius 1 is 1.00 bits per heavy atom. The highest BCUT2D eigenvalue weighted by atomic mass is 32.2. The molecule has 2 unspecified atom stereocenters. The Kier molecular flexibility index (Phi) is 4.70. The molecule has 0 saturated carbocycles. The molecule has 1 saturated heterocycles. The van der Waals surface area contributed by atoms with Gasteiger partial charge in [0.05, 0.1) is 39.9 Å². The molecule has 0 amide bonds. The molecular formula is C19H15F5O3S. The molecule has 2 aromatic rings. The fraction of sp³-hybridized carbons (Fsp3) is 0.368. The van der Waals surface area contributed by atoms with Gasteiger partial charge >= 0.3 is 6.18 Å². The van der Waals surface area contributed by atoms with Crippen LogP contribution in [0.5, 0.6) is 5.75 Å². The molecule has 2 aromatic carbocycles. The fourth-order valence-electron chi connectivity index (χ4n) is 3.87. The van der Waals surface area contributed by atoms with Crippen LogP contribution in [0.1, 0.15) is 17.5 Å². The summed E-state index contributed by atoms with van der Waals surface area (Å²) >= 11 is 0. The van der Waals surface area contributed by atoms with E-state index >= 15 is 0 Å². The van der Waals surface area contributed by atoms with E-state index in [4.69, 9.17) is 9.47 Å². The quantitative estimate of drug-likeness (QED) is 0.678. The number of hydrogen-bond donors (Lipinski definition) is 0. The van der Waals surface area contributed by atoms with E-state index in [1.54, 1.807) is 0 Å². The van der Waals surface area contributed by atoms with Crippen molar-refractivity contribution in [2.24, 2.45) is 5.92 Å².